The second-order valence-electron chi connectivity index (χ2n) is 11.9. The summed E-state index contributed by atoms with van der Waals surface area (Å²) < 4.78 is 0. The van der Waals surface area contributed by atoms with E-state index in [0.717, 1.165) is 50.3 Å². The molecule has 0 atom stereocenters. The van der Waals surface area contributed by atoms with Crippen LogP contribution < -0.4 is 0 Å². The van der Waals surface area contributed by atoms with Crippen LogP contribution in [0.2, 0.25) is 0 Å². The van der Waals surface area contributed by atoms with E-state index in [2.05, 4.69) is 170 Å². The third-order valence-corrected chi connectivity index (χ3v) is 8.68. The van der Waals surface area contributed by atoms with Gasteiger partial charge in [-0.1, -0.05) is 164 Å². The van der Waals surface area contributed by atoms with Gasteiger partial charge in [-0.05, 0) is 74.8 Å². The van der Waals surface area contributed by atoms with Gasteiger partial charge in [0.25, 0.3) is 0 Å². The SMILES string of the molecule is c1ccc(-c2cccc(-c3ccc(-c4cc(-c5ccccc5)cc(-c5cc(-c6ccccc6)nc(-c6ccccc6)n5)c4)cc3)c2)cc1. The minimum absolute atomic E-state index is 0.709. The van der Waals surface area contributed by atoms with Crippen LogP contribution >= 0.6 is 0 Å². The van der Waals surface area contributed by atoms with Gasteiger partial charge >= 0.3 is 0 Å². The molecule has 0 N–H and O–H groups in total. The fourth-order valence-electron chi connectivity index (χ4n) is 6.17. The number of hydrogen-bond acceptors (Lipinski definition) is 2. The Hall–Kier alpha value is -6.38. The van der Waals surface area contributed by atoms with Crippen molar-refractivity contribution in [3.05, 3.63) is 194 Å². The maximum atomic E-state index is 5.14. The van der Waals surface area contributed by atoms with E-state index in [1.54, 1.807) is 0 Å². The smallest absolute Gasteiger partial charge is 0.160 e. The molecule has 1 aromatic heterocycles. The summed E-state index contributed by atoms with van der Waals surface area (Å²) in [5.41, 5.74) is 14.3. The summed E-state index contributed by atoms with van der Waals surface area (Å²) in [6.07, 6.45) is 0. The van der Waals surface area contributed by atoms with E-state index in [9.17, 15) is 0 Å². The van der Waals surface area contributed by atoms with Crippen LogP contribution in [-0.2, 0) is 0 Å². The van der Waals surface area contributed by atoms with Gasteiger partial charge in [-0.2, -0.15) is 0 Å². The number of benzene rings is 7. The molecule has 8 aromatic rings. The summed E-state index contributed by atoms with van der Waals surface area (Å²) in [7, 11) is 0. The van der Waals surface area contributed by atoms with Gasteiger partial charge in [0.2, 0.25) is 0 Å². The largest absolute Gasteiger partial charge is 0.228 e. The highest BCUT2D eigenvalue weighted by molar-refractivity contribution is 5.83. The average Bonchev–Trinajstić information content (AvgIpc) is 3.19. The molecule has 0 fully saturated rings. The van der Waals surface area contributed by atoms with Crippen molar-refractivity contribution >= 4 is 0 Å². The van der Waals surface area contributed by atoms with Crippen LogP contribution in [0, 0.1) is 0 Å². The van der Waals surface area contributed by atoms with Crippen LogP contribution in [0.3, 0.4) is 0 Å². The fraction of sp³-hybridized carbons (Fsp3) is 0. The Bertz CT molecular complexity index is 2240. The molecule has 0 saturated heterocycles. The van der Waals surface area contributed by atoms with Gasteiger partial charge < -0.3 is 0 Å². The van der Waals surface area contributed by atoms with Crippen molar-refractivity contribution in [3.63, 3.8) is 0 Å². The first-order chi connectivity index (χ1) is 23.8. The minimum Gasteiger partial charge on any atom is -0.228 e. The van der Waals surface area contributed by atoms with E-state index in [-0.39, 0.29) is 0 Å². The van der Waals surface area contributed by atoms with Crippen molar-refractivity contribution in [3.8, 4) is 78.4 Å². The number of rotatable bonds is 7. The van der Waals surface area contributed by atoms with Crippen molar-refractivity contribution in [2.45, 2.75) is 0 Å². The average molecular weight is 613 g/mol. The van der Waals surface area contributed by atoms with Crippen LogP contribution in [0.4, 0.5) is 0 Å². The normalized spacial score (nSPS) is 10.9. The molecule has 0 bridgehead atoms. The van der Waals surface area contributed by atoms with Gasteiger partial charge in [0.1, 0.15) is 0 Å². The molecule has 226 valence electrons. The lowest BCUT2D eigenvalue weighted by atomic mass is 9.93. The highest BCUT2D eigenvalue weighted by Gasteiger charge is 2.14. The van der Waals surface area contributed by atoms with Crippen molar-refractivity contribution < 1.29 is 0 Å². The van der Waals surface area contributed by atoms with Crippen molar-refractivity contribution in [1.82, 2.24) is 9.97 Å². The molecule has 0 aliphatic heterocycles. The summed E-state index contributed by atoms with van der Waals surface area (Å²) in [5, 5.41) is 0. The highest BCUT2D eigenvalue weighted by Crippen LogP contribution is 2.35. The lowest BCUT2D eigenvalue weighted by molar-refractivity contribution is 1.18. The molecule has 0 aliphatic carbocycles. The first kappa shape index (κ1) is 29.1. The Balaban J connectivity index is 1.23. The Labute approximate surface area is 281 Å². The van der Waals surface area contributed by atoms with Crippen molar-refractivity contribution in [1.29, 1.82) is 0 Å². The van der Waals surface area contributed by atoms with E-state index in [1.165, 1.54) is 22.3 Å². The second kappa shape index (κ2) is 13.2. The van der Waals surface area contributed by atoms with E-state index in [4.69, 9.17) is 9.97 Å². The monoisotopic (exact) mass is 612 g/mol. The third-order valence-electron chi connectivity index (χ3n) is 8.68. The summed E-state index contributed by atoms with van der Waals surface area (Å²) >= 11 is 0. The number of hydrogen-bond donors (Lipinski definition) is 0. The molecule has 0 aliphatic rings. The van der Waals surface area contributed by atoms with Gasteiger partial charge in [-0.15, -0.1) is 0 Å². The molecule has 7 aromatic carbocycles. The molecule has 0 unspecified atom stereocenters. The Morgan fingerprint density at radius 3 is 1.06 bits per heavy atom. The maximum absolute atomic E-state index is 5.14. The molecule has 0 amide bonds. The Morgan fingerprint density at radius 2 is 0.542 bits per heavy atom. The predicted octanol–water partition coefficient (Wildman–Crippen LogP) is 12.1. The summed E-state index contributed by atoms with van der Waals surface area (Å²) in [4.78, 5) is 10.2. The zero-order valence-electron chi connectivity index (χ0n) is 26.4. The van der Waals surface area contributed by atoms with Crippen LogP contribution in [0.15, 0.2) is 194 Å². The van der Waals surface area contributed by atoms with Crippen LogP contribution in [0.5, 0.6) is 0 Å². The van der Waals surface area contributed by atoms with Crippen LogP contribution in [-0.4, -0.2) is 9.97 Å². The first-order valence-corrected chi connectivity index (χ1v) is 16.2. The van der Waals surface area contributed by atoms with E-state index < -0.39 is 0 Å². The summed E-state index contributed by atoms with van der Waals surface area (Å²) in [5.74, 6) is 0.709. The molecule has 2 heteroatoms. The Kier molecular flexibility index (Phi) is 7.96. The van der Waals surface area contributed by atoms with E-state index in [1.807, 2.05) is 24.3 Å². The highest BCUT2D eigenvalue weighted by atomic mass is 14.9. The van der Waals surface area contributed by atoms with Gasteiger partial charge in [0, 0.05) is 16.7 Å². The first-order valence-electron chi connectivity index (χ1n) is 16.2. The molecule has 0 saturated carbocycles. The maximum Gasteiger partial charge on any atom is 0.160 e. The third kappa shape index (κ3) is 6.20. The number of aromatic nitrogens is 2. The molecule has 0 spiro atoms. The fourth-order valence-corrected chi connectivity index (χ4v) is 6.17. The topological polar surface area (TPSA) is 25.8 Å². The quantitative estimate of drug-likeness (QED) is 0.179. The van der Waals surface area contributed by atoms with Crippen LogP contribution in [0.25, 0.3) is 78.4 Å². The van der Waals surface area contributed by atoms with Crippen LogP contribution in [0.1, 0.15) is 0 Å². The molecule has 0 radical (unpaired) electrons. The standard InChI is InChI=1S/C46H32N2/c1-5-14-33(15-6-1)39-22-13-23-40(28-39)35-24-26-36(27-25-35)42-29-41(34-16-7-2-8-17-34)30-43(31-42)45-32-44(37-18-9-3-10-19-37)47-46(48-45)38-20-11-4-12-21-38/h1-32H. The van der Waals surface area contributed by atoms with E-state index >= 15 is 0 Å². The molecular formula is C46H32N2. The predicted molar refractivity (Wildman–Crippen MR) is 200 cm³/mol. The molecule has 2 nitrogen and oxygen atoms in total. The molecular weight excluding hydrogens is 581 g/mol. The zero-order valence-corrected chi connectivity index (χ0v) is 26.4. The lowest BCUT2D eigenvalue weighted by Gasteiger charge is -2.14. The second-order valence-corrected chi connectivity index (χ2v) is 11.9. The molecule has 8 rings (SSSR count). The van der Waals surface area contributed by atoms with Crippen molar-refractivity contribution in [2.24, 2.45) is 0 Å². The van der Waals surface area contributed by atoms with Gasteiger partial charge in [0.15, 0.2) is 5.82 Å². The molecule has 48 heavy (non-hydrogen) atoms. The van der Waals surface area contributed by atoms with Gasteiger partial charge in [-0.3, -0.25) is 0 Å². The zero-order chi connectivity index (χ0) is 32.1. The molecule has 1 heterocycles. The van der Waals surface area contributed by atoms with Crippen molar-refractivity contribution in [2.75, 3.05) is 0 Å². The Morgan fingerprint density at radius 1 is 0.208 bits per heavy atom. The summed E-state index contributed by atoms with van der Waals surface area (Å²) in [6.45, 7) is 0. The number of nitrogens with zero attached hydrogens (tertiary/aromatic N) is 2. The van der Waals surface area contributed by atoms with Gasteiger partial charge in [-0.25, -0.2) is 9.97 Å². The summed E-state index contributed by atoms with van der Waals surface area (Å²) in [6, 6.07) is 68.2. The van der Waals surface area contributed by atoms with Gasteiger partial charge in [0.05, 0.1) is 11.4 Å². The van der Waals surface area contributed by atoms with E-state index in [0.29, 0.717) is 5.82 Å². The minimum atomic E-state index is 0.709. The lowest BCUT2D eigenvalue weighted by Crippen LogP contribution is -1.96.